The van der Waals surface area contributed by atoms with E-state index in [9.17, 15) is 19.5 Å². The van der Waals surface area contributed by atoms with Gasteiger partial charge in [-0.3, -0.25) is 14.4 Å². The molecule has 0 spiro atoms. The lowest BCUT2D eigenvalue weighted by molar-refractivity contribution is -0.134. The number of likely N-dealkylation sites (N-methyl/N-ethyl adjacent to an activating group) is 1. The molecule has 6 N–H and O–H groups in total. The summed E-state index contributed by atoms with van der Waals surface area (Å²) in [5, 5.41) is 18.2. The first-order chi connectivity index (χ1) is 14.2. The average Bonchev–Trinajstić information content (AvgIpc) is 2.70. The number of ketones is 1. The SMILES string of the molecule is CNC[C@H](NC(=O)[C@@H](NC(=O)CC(CN)Cc1ccccc1)C(C)O)C(=O)C(C)C. The molecule has 0 aromatic heterocycles. The molecule has 4 atom stereocenters. The fourth-order valence-electron chi connectivity index (χ4n) is 3.18. The summed E-state index contributed by atoms with van der Waals surface area (Å²) in [7, 11) is 1.68. The van der Waals surface area contributed by atoms with E-state index in [2.05, 4.69) is 16.0 Å². The molecule has 0 saturated heterocycles. The molecule has 0 saturated carbocycles. The van der Waals surface area contributed by atoms with Crippen LogP contribution in [0.2, 0.25) is 0 Å². The van der Waals surface area contributed by atoms with Crippen LogP contribution in [0.4, 0.5) is 0 Å². The van der Waals surface area contributed by atoms with E-state index in [0.717, 1.165) is 5.56 Å². The van der Waals surface area contributed by atoms with Crippen LogP contribution in [0, 0.1) is 11.8 Å². The molecule has 0 aliphatic carbocycles. The Hall–Kier alpha value is -2.29. The molecule has 168 valence electrons. The summed E-state index contributed by atoms with van der Waals surface area (Å²) in [5.41, 5.74) is 6.90. The molecule has 2 unspecified atom stereocenters. The van der Waals surface area contributed by atoms with Gasteiger partial charge in [0.15, 0.2) is 5.78 Å². The summed E-state index contributed by atoms with van der Waals surface area (Å²) in [4.78, 5) is 37.5. The molecule has 1 aromatic carbocycles. The predicted molar refractivity (Wildman–Crippen MR) is 117 cm³/mol. The number of nitrogens with two attached hydrogens (primary N) is 1. The Labute approximate surface area is 179 Å². The largest absolute Gasteiger partial charge is 0.391 e. The Bertz CT molecular complexity index is 679. The lowest BCUT2D eigenvalue weighted by atomic mass is 9.95. The molecule has 0 heterocycles. The zero-order valence-corrected chi connectivity index (χ0v) is 18.4. The highest BCUT2D eigenvalue weighted by Gasteiger charge is 2.30. The van der Waals surface area contributed by atoms with Crippen molar-refractivity contribution in [1.29, 1.82) is 0 Å². The van der Waals surface area contributed by atoms with Crippen molar-refractivity contribution >= 4 is 17.6 Å². The molecule has 2 amide bonds. The number of hydrogen-bond donors (Lipinski definition) is 5. The highest BCUT2D eigenvalue weighted by molar-refractivity contribution is 5.93. The van der Waals surface area contributed by atoms with Gasteiger partial charge in [0.25, 0.3) is 0 Å². The van der Waals surface area contributed by atoms with Crippen LogP contribution >= 0.6 is 0 Å². The van der Waals surface area contributed by atoms with Crippen LogP contribution in [-0.4, -0.2) is 61.0 Å². The van der Waals surface area contributed by atoms with Gasteiger partial charge in [0.05, 0.1) is 6.10 Å². The normalized spacial score (nSPS) is 15.2. The average molecular weight is 421 g/mol. The van der Waals surface area contributed by atoms with Crippen LogP contribution in [0.1, 0.15) is 32.8 Å². The number of aliphatic hydroxyl groups is 1. The van der Waals surface area contributed by atoms with Gasteiger partial charge in [-0.1, -0.05) is 44.2 Å². The van der Waals surface area contributed by atoms with Gasteiger partial charge >= 0.3 is 0 Å². The minimum absolute atomic E-state index is 0.0929. The van der Waals surface area contributed by atoms with Crippen LogP contribution in [0.3, 0.4) is 0 Å². The Morgan fingerprint density at radius 3 is 2.20 bits per heavy atom. The Kier molecular flexibility index (Phi) is 11.2. The summed E-state index contributed by atoms with van der Waals surface area (Å²) in [5.74, 6) is -1.45. The van der Waals surface area contributed by atoms with Gasteiger partial charge in [-0.05, 0) is 38.4 Å². The zero-order valence-electron chi connectivity index (χ0n) is 18.4. The fourth-order valence-corrected chi connectivity index (χ4v) is 3.18. The van der Waals surface area contributed by atoms with E-state index >= 15 is 0 Å². The monoisotopic (exact) mass is 420 g/mol. The summed E-state index contributed by atoms with van der Waals surface area (Å²) in [6, 6.07) is 7.82. The first kappa shape index (κ1) is 25.7. The number of carbonyl (C=O) groups is 3. The van der Waals surface area contributed by atoms with Crippen molar-refractivity contribution < 1.29 is 19.5 Å². The van der Waals surface area contributed by atoms with Gasteiger partial charge in [0.1, 0.15) is 12.1 Å². The molecule has 0 aliphatic heterocycles. The number of amides is 2. The number of carbonyl (C=O) groups excluding carboxylic acids is 3. The maximum atomic E-state index is 12.7. The molecule has 0 fully saturated rings. The van der Waals surface area contributed by atoms with Crippen LogP contribution in [0.15, 0.2) is 30.3 Å². The first-order valence-electron chi connectivity index (χ1n) is 10.4. The molecule has 1 aromatic rings. The number of hydrogen-bond acceptors (Lipinski definition) is 6. The molecule has 0 bridgehead atoms. The summed E-state index contributed by atoms with van der Waals surface area (Å²) < 4.78 is 0. The van der Waals surface area contributed by atoms with Crippen molar-refractivity contribution in [3.8, 4) is 0 Å². The van der Waals surface area contributed by atoms with E-state index in [0.29, 0.717) is 13.0 Å². The Morgan fingerprint density at radius 1 is 1.07 bits per heavy atom. The van der Waals surface area contributed by atoms with Gasteiger partial charge in [-0.25, -0.2) is 0 Å². The van der Waals surface area contributed by atoms with Crippen LogP contribution in [0.25, 0.3) is 0 Å². The van der Waals surface area contributed by atoms with Crippen molar-refractivity contribution in [1.82, 2.24) is 16.0 Å². The summed E-state index contributed by atoms with van der Waals surface area (Å²) >= 11 is 0. The van der Waals surface area contributed by atoms with Gasteiger partial charge in [-0.15, -0.1) is 0 Å². The van der Waals surface area contributed by atoms with E-state index in [-0.39, 0.29) is 36.5 Å². The van der Waals surface area contributed by atoms with Crippen LogP contribution in [0.5, 0.6) is 0 Å². The van der Waals surface area contributed by atoms with Crippen molar-refractivity contribution in [2.24, 2.45) is 17.6 Å². The summed E-state index contributed by atoms with van der Waals surface area (Å²) in [6.07, 6.45) is -0.347. The molecule has 8 heteroatoms. The molecule has 0 radical (unpaired) electrons. The topological polar surface area (TPSA) is 134 Å². The smallest absolute Gasteiger partial charge is 0.245 e. The van der Waals surface area contributed by atoms with E-state index in [1.807, 2.05) is 30.3 Å². The molecule has 1 rings (SSSR count). The molecule has 0 aliphatic rings. The fraction of sp³-hybridized carbons (Fsp3) is 0.591. The van der Waals surface area contributed by atoms with Crippen LogP contribution < -0.4 is 21.7 Å². The lowest BCUT2D eigenvalue weighted by Crippen LogP contribution is -2.58. The Morgan fingerprint density at radius 2 is 1.70 bits per heavy atom. The highest BCUT2D eigenvalue weighted by Crippen LogP contribution is 2.12. The first-order valence-corrected chi connectivity index (χ1v) is 10.4. The lowest BCUT2D eigenvalue weighted by Gasteiger charge is -2.26. The second-order valence-corrected chi connectivity index (χ2v) is 7.96. The van der Waals surface area contributed by atoms with E-state index in [1.54, 1.807) is 20.9 Å². The molecular weight excluding hydrogens is 384 g/mol. The molecular formula is C22H36N4O4. The van der Waals surface area contributed by atoms with Crippen LogP contribution in [-0.2, 0) is 20.8 Å². The standard InChI is InChI=1S/C22H36N4O4/c1-14(2)21(29)18(13-24-4)25-22(30)20(15(3)27)26-19(28)11-17(12-23)10-16-8-6-5-7-9-16/h5-9,14-15,17-18,20,24,27H,10-13,23H2,1-4H3,(H,25,30)(H,26,28)/t15?,17?,18-,20-/m0/s1. The van der Waals surface area contributed by atoms with Gasteiger partial charge in [0, 0.05) is 18.9 Å². The zero-order chi connectivity index (χ0) is 22.7. The van der Waals surface area contributed by atoms with Gasteiger partial charge in [0.2, 0.25) is 11.8 Å². The van der Waals surface area contributed by atoms with Gasteiger partial charge in [-0.2, -0.15) is 0 Å². The van der Waals surface area contributed by atoms with Gasteiger partial charge < -0.3 is 26.8 Å². The second-order valence-electron chi connectivity index (χ2n) is 7.96. The highest BCUT2D eigenvalue weighted by atomic mass is 16.3. The third-order valence-electron chi connectivity index (χ3n) is 4.89. The minimum Gasteiger partial charge on any atom is -0.391 e. The van der Waals surface area contributed by atoms with Crippen molar-refractivity contribution in [3.63, 3.8) is 0 Å². The predicted octanol–water partition coefficient (Wildman–Crippen LogP) is -0.0110. The second kappa shape index (κ2) is 13.1. The number of benzene rings is 1. The minimum atomic E-state index is -1.16. The number of rotatable bonds is 13. The summed E-state index contributed by atoms with van der Waals surface area (Å²) in [6.45, 7) is 5.51. The van der Waals surface area contributed by atoms with E-state index in [4.69, 9.17) is 5.73 Å². The maximum absolute atomic E-state index is 12.7. The quantitative estimate of drug-likeness (QED) is 0.305. The van der Waals surface area contributed by atoms with E-state index < -0.39 is 24.1 Å². The Balaban J connectivity index is 2.75. The number of Topliss-reactive ketones (excluding diaryl/α,β-unsaturated/α-hetero) is 1. The van der Waals surface area contributed by atoms with E-state index in [1.165, 1.54) is 6.92 Å². The molecule has 8 nitrogen and oxygen atoms in total. The number of nitrogens with one attached hydrogen (secondary N) is 3. The molecule has 30 heavy (non-hydrogen) atoms. The third-order valence-corrected chi connectivity index (χ3v) is 4.89. The van der Waals surface area contributed by atoms with Crippen molar-refractivity contribution in [2.75, 3.05) is 20.1 Å². The van der Waals surface area contributed by atoms with Crippen molar-refractivity contribution in [3.05, 3.63) is 35.9 Å². The maximum Gasteiger partial charge on any atom is 0.245 e. The van der Waals surface area contributed by atoms with Crippen molar-refractivity contribution in [2.45, 2.75) is 51.8 Å². The number of aliphatic hydroxyl groups excluding tert-OH is 1. The third kappa shape index (κ3) is 8.61.